The van der Waals surface area contributed by atoms with Gasteiger partial charge in [-0.2, -0.15) is 0 Å². The van der Waals surface area contributed by atoms with E-state index in [0.717, 1.165) is 61.7 Å². The van der Waals surface area contributed by atoms with Gasteiger partial charge in [0, 0.05) is 30.6 Å². The lowest BCUT2D eigenvalue weighted by molar-refractivity contribution is -0.124. The molecule has 3 unspecified atom stereocenters. The molecule has 0 aromatic heterocycles. The fourth-order valence-electron chi connectivity index (χ4n) is 5.31. The highest BCUT2D eigenvalue weighted by Gasteiger charge is 2.30. The monoisotopic (exact) mass is 571 g/mol. The number of carbonyl (C=O) groups is 1. The van der Waals surface area contributed by atoms with E-state index in [1.165, 1.54) is 11.1 Å². The normalized spacial score (nSPS) is 24.8. The van der Waals surface area contributed by atoms with Gasteiger partial charge in [0.25, 0.3) is 5.91 Å². The summed E-state index contributed by atoms with van der Waals surface area (Å²) in [6.07, 6.45) is 9.44. The third-order valence-electron chi connectivity index (χ3n) is 7.87. The summed E-state index contributed by atoms with van der Waals surface area (Å²) in [5.74, 6) is 1.19. The van der Waals surface area contributed by atoms with Gasteiger partial charge in [0.1, 0.15) is 5.75 Å². The standard InChI is InChI=1S/C31H42ClN3O3S/c1-5-9-23-18-25(32)11-13-27(23)24-20-35-17-15-22(6-2)10-7-8-16-33-31(3,4)30(36)34-39(37)26-12-14-29(38-21-24)28(35)19-26/h7-8,11-14,18-19,22,24,33H,5-6,9-10,15-17,20-21H2,1-4H3,(H,34,36)/b8-7+. The second-order valence-electron chi connectivity index (χ2n) is 11.2. The molecule has 0 saturated carbocycles. The Morgan fingerprint density at radius 2 is 1.97 bits per heavy atom. The number of rotatable bonds is 4. The molecule has 2 aliphatic heterocycles. The van der Waals surface area contributed by atoms with Crippen LogP contribution in [0.5, 0.6) is 5.75 Å². The van der Waals surface area contributed by atoms with Gasteiger partial charge < -0.3 is 15.0 Å². The predicted octanol–water partition coefficient (Wildman–Crippen LogP) is 6.16. The Morgan fingerprint density at radius 3 is 2.74 bits per heavy atom. The van der Waals surface area contributed by atoms with Gasteiger partial charge in [-0.15, -0.1) is 0 Å². The molecular weight excluding hydrogens is 530 g/mol. The highest BCUT2D eigenvalue weighted by Crippen LogP contribution is 2.38. The van der Waals surface area contributed by atoms with Crippen LogP contribution in [0.3, 0.4) is 0 Å². The number of aryl methyl sites for hydroxylation is 1. The zero-order valence-corrected chi connectivity index (χ0v) is 25.2. The summed E-state index contributed by atoms with van der Waals surface area (Å²) in [6, 6.07) is 11.8. The van der Waals surface area contributed by atoms with Gasteiger partial charge >= 0.3 is 0 Å². The van der Waals surface area contributed by atoms with E-state index in [0.29, 0.717) is 24.0 Å². The van der Waals surface area contributed by atoms with Crippen LogP contribution in [0.4, 0.5) is 5.69 Å². The van der Waals surface area contributed by atoms with Crippen LogP contribution in [0.15, 0.2) is 53.4 Å². The average Bonchev–Trinajstić information content (AvgIpc) is 3.09. The number of halogens is 1. The van der Waals surface area contributed by atoms with Gasteiger partial charge in [0.2, 0.25) is 0 Å². The number of nitrogens with zero attached hydrogens (tertiary/aromatic N) is 1. The van der Waals surface area contributed by atoms with E-state index >= 15 is 0 Å². The minimum Gasteiger partial charge on any atom is -0.491 e. The number of benzene rings is 2. The number of carbonyl (C=O) groups excluding carboxylic acids is 1. The summed E-state index contributed by atoms with van der Waals surface area (Å²) in [7, 11) is -1.69. The Bertz CT molecular complexity index is 1220. The van der Waals surface area contributed by atoms with E-state index in [4.69, 9.17) is 16.3 Å². The van der Waals surface area contributed by atoms with E-state index in [1.54, 1.807) is 6.07 Å². The maximum absolute atomic E-state index is 13.3. The lowest BCUT2D eigenvalue weighted by Gasteiger charge is -2.29. The topological polar surface area (TPSA) is 70.7 Å². The molecule has 212 valence electrons. The SMILES string of the molecule is CCCc1cc(Cl)ccc1C1COc2ccc3cc2N(CCC(CC)C/C=C/CNC(C)(C)C(=O)NS3=O)C1. The lowest BCUT2D eigenvalue weighted by Crippen LogP contribution is -2.53. The summed E-state index contributed by atoms with van der Waals surface area (Å²) >= 11 is 6.37. The summed E-state index contributed by atoms with van der Waals surface area (Å²) in [4.78, 5) is 15.9. The summed E-state index contributed by atoms with van der Waals surface area (Å²) < 4.78 is 22.4. The van der Waals surface area contributed by atoms with E-state index < -0.39 is 16.5 Å². The molecule has 1 amide bonds. The number of nitrogens with one attached hydrogen (secondary N) is 2. The number of amides is 1. The number of hydrogen-bond donors (Lipinski definition) is 2. The molecule has 2 aromatic rings. The van der Waals surface area contributed by atoms with Crippen molar-refractivity contribution < 1.29 is 13.7 Å². The summed E-state index contributed by atoms with van der Waals surface area (Å²) in [6.45, 7) is 10.8. The van der Waals surface area contributed by atoms with Crippen molar-refractivity contribution >= 4 is 34.2 Å². The molecule has 0 spiro atoms. The molecule has 0 fully saturated rings. The van der Waals surface area contributed by atoms with Crippen LogP contribution in [-0.2, 0) is 22.2 Å². The van der Waals surface area contributed by atoms with Crippen molar-refractivity contribution in [3.63, 3.8) is 0 Å². The highest BCUT2D eigenvalue weighted by atomic mass is 35.5. The number of fused-ring (bicyclic) bond motifs is 1. The maximum atomic E-state index is 13.3. The van der Waals surface area contributed by atoms with Crippen LogP contribution in [0, 0.1) is 5.92 Å². The molecule has 2 aliphatic rings. The van der Waals surface area contributed by atoms with Crippen LogP contribution >= 0.6 is 11.6 Å². The first-order valence-electron chi connectivity index (χ1n) is 14.1. The maximum Gasteiger partial charge on any atom is 0.251 e. The second-order valence-corrected chi connectivity index (χ2v) is 12.8. The van der Waals surface area contributed by atoms with Crippen molar-refractivity contribution in [2.45, 2.75) is 76.2 Å². The average molecular weight is 572 g/mol. The van der Waals surface area contributed by atoms with Crippen molar-refractivity contribution in [2.24, 2.45) is 5.92 Å². The first-order chi connectivity index (χ1) is 18.7. The molecule has 2 N–H and O–H groups in total. The Labute approximate surface area is 241 Å². The minimum atomic E-state index is -1.69. The Morgan fingerprint density at radius 1 is 1.15 bits per heavy atom. The third kappa shape index (κ3) is 7.44. The molecule has 6 nitrogen and oxygen atoms in total. The molecule has 4 rings (SSSR count). The second kappa shape index (κ2) is 13.3. The largest absolute Gasteiger partial charge is 0.491 e. The third-order valence-corrected chi connectivity index (χ3v) is 9.15. The van der Waals surface area contributed by atoms with Crippen molar-refractivity contribution in [2.75, 3.05) is 31.1 Å². The van der Waals surface area contributed by atoms with Crippen LogP contribution in [0.2, 0.25) is 5.02 Å². The van der Waals surface area contributed by atoms with Crippen molar-refractivity contribution in [3.8, 4) is 5.75 Å². The Kier molecular flexibility index (Phi) is 10.1. The zero-order valence-electron chi connectivity index (χ0n) is 23.6. The van der Waals surface area contributed by atoms with Gasteiger partial charge in [-0.05, 0) is 80.5 Å². The molecule has 2 heterocycles. The quantitative estimate of drug-likeness (QED) is 0.430. The predicted molar refractivity (Wildman–Crippen MR) is 161 cm³/mol. The Balaban J connectivity index is 1.71. The molecule has 0 saturated heterocycles. The molecular formula is C31H42ClN3O3S. The van der Waals surface area contributed by atoms with E-state index in [-0.39, 0.29) is 11.8 Å². The van der Waals surface area contributed by atoms with Crippen LogP contribution in [0.1, 0.15) is 70.4 Å². The van der Waals surface area contributed by atoms with Crippen LogP contribution in [0.25, 0.3) is 0 Å². The van der Waals surface area contributed by atoms with E-state index in [9.17, 15) is 9.00 Å². The van der Waals surface area contributed by atoms with Crippen molar-refractivity contribution in [1.29, 1.82) is 0 Å². The molecule has 0 radical (unpaired) electrons. The molecule has 3 atom stereocenters. The first kappa shape index (κ1) is 29.6. The van der Waals surface area contributed by atoms with Crippen molar-refractivity contribution in [3.05, 3.63) is 64.7 Å². The van der Waals surface area contributed by atoms with E-state index in [1.807, 2.05) is 32.0 Å². The van der Waals surface area contributed by atoms with Gasteiger partial charge in [0.15, 0.2) is 11.0 Å². The molecule has 0 aliphatic carbocycles. The summed E-state index contributed by atoms with van der Waals surface area (Å²) in [5, 5.41) is 4.02. The lowest BCUT2D eigenvalue weighted by atomic mass is 9.91. The molecule has 2 bridgehead atoms. The van der Waals surface area contributed by atoms with Gasteiger partial charge in [0.05, 0.1) is 22.7 Å². The number of ether oxygens (including phenoxy) is 1. The zero-order chi connectivity index (χ0) is 28.0. The number of hydrogen-bond acceptors (Lipinski definition) is 5. The van der Waals surface area contributed by atoms with Gasteiger partial charge in [-0.25, -0.2) is 4.21 Å². The minimum absolute atomic E-state index is 0.169. The molecule has 39 heavy (non-hydrogen) atoms. The van der Waals surface area contributed by atoms with Crippen LogP contribution in [-0.4, -0.2) is 41.9 Å². The fraction of sp³-hybridized carbons (Fsp3) is 0.516. The smallest absolute Gasteiger partial charge is 0.251 e. The van der Waals surface area contributed by atoms with E-state index in [2.05, 4.69) is 53.1 Å². The number of allylic oxidation sites excluding steroid dienone is 1. The van der Waals surface area contributed by atoms with Crippen LogP contribution < -0.4 is 19.7 Å². The highest BCUT2D eigenvalue weighted by molar-refractivity contribution is 7.83. The number of anilines is 1. The molecule has 8 heteroatoms. The molecule has 2 aromatic carbocycles. The fourth-order valence-corrected chi connectivity index (χ4v) is 6.46. The Hall–Kier alpha value is -2.35. The van der Waals surface area contributed by atoms with Crippen molar-refractivity contribution in [1.82, 2.24) is 10.0 Å². The van der Waals surface area contributed by atoms with Gasteiger partial charge in [-0.1, -0.05) is 56.5 Å². The van der Waals surface area contributed by atoms with Gasteiger partial charge in [-0.3, -0.25) is 9.52 Å². The first-order valence-corrected chi connectivity index (χ1v) is 15.7. The summed E-state index contributed by atoms with van der Waals surface area (Å²) in [5.41, 5.74) is 2.63.